The molecule has 2 N–H and O–H groups in total. The highest BCUT2D eigenvalue weighted by Gasteiger charge is 2.43. The third-order valence-corrected chi connectivity index (χ3v) is 5.20. The van der Waals surface area contributed by atoms with Crippen LogP contribution in [0.25, 0.3) is 0 Å². The molecule has 1 unspecified atom stereocenters. The number of hydrogen-bond donors (Lipinski definition) is 1. The van der Waals surface area contributed by atoms with Gasteiger partial charge in [-0.05, 0) is 28.8 Å². The summed E-state index contributed by atoms with van der Waals surface area (Å²) in [7, 11) is 0. The van der Waals surface area contributed by atoms with Crippen LogP contribution in [0.3, 0.4) is 0 Å². The van der Waals surface area contributed by atoms with Crippen LogP contribution >= 0.6 is 0 Å². The first-order chi connectivity index (χ1) is 15.1. The van der Waals surface area contributed by atoms with E-state index in [2.05, 4.69) is 0 Å². The van der Waals surface area contributed by atoms with Crippen molar-refractivity contribution in [1.82, 2.24) is 4.90 Å². The molecule has 31 heavy (non-hydrogen) atoms. The van der Waals surface area contributed by atoms with E-state index in [0.29, 0.717) is 24.5 Å². The van der Waals surface area contributed by atoms with Gasteiger partial charge in [0.1, 0.15) is 25.0 Å². The van der Waals surface area contributed by atoms with Gasteiger partial charge in [-0.15, -0.1) is 0 Å². The van der Waals surface area contributed by atoms with E-state index in [1.807, 2.05) is 60.7 Å². The summed E-state index contributed by atoms with van der Waals surface area (Å²) in [6.07, 6.45) is 0. The summed E-state index contributed by atoms with van der Waals surface area (Å²) in [5.74, 6) is -0.0660. The van der Waals surface area contributed by atoms with Gasteiger partial charge < -0.3 is 20.1 Å². The SMILES string of the molecule is N[C@H]1CN(C(C(=O)OCc2ccccc2)c2ccc(OCc3ccccc3)cc2)C1=O. The standard InChI is InChI=1S/C25H24N2O4/c26-22-15-27(24(22)28)23(25(29)31-17-19-9-5-2-6-10-19)20-11-13-21(14-12-20)30-16-18-7-3-1-4-8-18/h1-14,22-23H,15-17,26H2/t22-,23?/m0/s1. The molecular formula is C25H24N2O4. The highest BCUT2D eigenvalue weighted by atomic mass is 16.5. The zero-order valence-corrected chi connectivity index (χ0v) is 17.0. The fourth-order valence-corrected chi connectivity index (χ4v) is 3.45. The lowest BCUT2D eigenvalue weighted by atomic mass is 9.98. The van der Waals surface area contributed by atoms with Gasteiger partial charge in [0.2, 0.25) is 5.91 Å². The van der Waals surface area contributed by atoms with Crippen LogP contribution in [0.1, 0.15) is 22.7 Å². The maximum Gasteiger partial charge on any atom is 0.333 e. The number of esters is 1. The van der Waals surface area contributed by atoms with E-state index in [1.165, 1.54) is 4.90 Å². The van der Waals surface area contributed by atoms with Crippen LogP contribution in [-0.4, -0.2) is 29.4 Å². The van der Waals surface area contributed by atoms with Gasteiger partial charge in [-0.25, -0.2) is 4.79 Å². The van der Waals surface area contributed by atoms with Crippen molar-refractivity contribution in [2.24, 2.45) is 5.73 Å². The molecule has 158 valence electrons. The summed E-state index contributed by atoms with van der Waals surface area (Å²) in [4.78, 5) is 26.6. The van der Waals surface area contributed by atoms with Gasteiger partial charge in [0.15, 0.2) is 6.04 Å². The Morgan fingerprint density at radius 2 is 1.48 bits per heavy atom. The molecule has 0 saturated carbocycles. The van der Waals surface area contributed by atoms with Gasteiger partial charge in [-0.1, -0.05) is 72.8 Å². The van der Waals surface area contributed by atoms with E-state index >= 15 is 0 Å². The molecule has 1 amide bonds. The number of nitrogens with two attached hydrogens (primary N) is 1. The van der Waals surface area contributed by atoms with E-state index in [1.54, 1.807) is 24.3 Å². The zero-order chi connectivity index (χ0) is 21.6. The first kappa shape index (κ1) is 20.6. The van der Waals surface area contributed by atoms with E-state index in [-0.39, 0.29) is 12.5 Å². The lowest BCUT2D eigenvalue weighted by Gasteiger charge is -2.40. The summed E-state index contributed by atoms with van der Waals surface area (Å²) in [5, 5.41) is 0. The van der Waals surface area contributed by atoms with Crippen LogP contribution < -0.4 is 10.5 Å². The minimum atomic E-state index is -0.834. The average molecular weight is 416 g/mol. The predicted molar refractivity (Wildman–Crippen MR) is 116 cm³/mol. The molecule has 3 aromatic carbocycles. The molecule has 6 heteroatoms. The van der Waals surface area contributed by atoms with Crippen molar-refractivity contribution in [3.05, 3.63) is 102 Å². The second-order valence-electron chi connectivity index (χ2n) is 7.44. The molecule has 1 aliphatic rings. The van der Waals surface area contributed by atoms with Crippen molar-refractivity contribution >= 4 is 11.9 Å². The van der Waals surface area contributed by atoms with Crippen molar-refractivity contribution in [2.75, 3.05) is 6.54 Å². The van der Waals surface area contributed by atoms with E-state index in [9.17, 15) is 9.59 Å². The molecule has 3 aromatic rings. The number of carbonyl (C=O) groups excluding carboxylic acids is 2. The molecule has 1 aliphatic heterocycles. The number of carbonyl (C=O) groups is 2. The Hall–Kier alpha value is -3.64. The molecule has 1 fully saturated rings. The van der Waals surface area contributed by atoms with Crippen LogP contribution in [0.2, 0.25) is 0 Å². The lowest BCUT2D eigenvalue weighted by Crippen LogP contribution is -2.62. The Kier molecular flexibility index (Phi) is 6.29. The number of hydrogen-bond acceptors (Lipinski definition) is 5. The normalized spacial score (nSPS) is 16.4. The summed E-state index contributed by atoms with van der Waals surface area (Å²) in [6.45, 7) is 0.904. The number of ether oxygens (including phenoxy) is 2. The molecule has 0 aromatic heterocycles. The van der Waals surface area contributed by atoms with Crippen LogP contribution in [0.5, 0.6) is 5.75 Å². The van der Waals surface area contributed by atoms with E-state index < -0.39 is 18.1 Å². The summed E-state index contributed by atoms with van der Waals surface area (Å²) < 4.78 is 11.3. The smallest absolute Gasteiger partial charge is 0.333 e. The third kappa shape index (κ3) is 4.92. The fourth-order valence-electron chi connectivity index (χ4n) is 3.45. The number of likely N-dealkylation sites (tertiary alicyclic amines) is 1. The molecule has 0 bridgehead atoms. The van der Waals surface area contributed by atoms with Crippen molar-refractivity contribution in [3.63, 3.8) is 0 Å². The molecule has 2 atom stereocenters. The van der Waals surface area contributed by atoms with Gasteiger partial charge in [-0.2, -0.15) is 0 Å². The summed E-state index contributed by atoms with van der Waals surface area (Å²) in [5.41, 5.74) is 8.35. The van der Waals surface area contributed by atoms with Gasteiger partial charge in [-0.3, -0.25) is 4.79 Å². The molecule has 1 saturated heterocycles. The van der Waals surface area contributed by atoms with Gasteiger partial charge in [0, 0.05) is 6.54 Å². The topological polar surface area (TPSA) is 81.9 Å². The number of amides is 1. The second kappa shape index (κ2) is 9.45. The summed E-state index contributed by atoms with van der Waals surface area (Å²) >= 11 is 0. The quantitative estimate of drug-likeness (QED) is 0.450. The predicted octanol–water partition coefficient (Wildman–Crippen LogP) is 3.22. The lowest BCUT2D eigenvalue weighted by molar-refractivity contribution is -0.163. The maximum atomic E-state index is 12.9. The number of nitrogens with zero attached hydrogens (tertiary/aromatic N) is 1. The van der Waals surface area contributed by atoms with Crippen molar-refractivity contribution in [1.29, 1.82) is 0 Å². The Balaban J connectivity index is 1.45. The van der Waals surface area contributed by atoms with E-state index in [0.717, 1.165) is 11.1 Å². The Morgan fingerprint density at radius 1 is 0.903 bits per heavy atom. The van der Waals surface area contributed by atoms with Gasteiger partial charge in [0.25, 0.3) is 0 Å². The Bertz CT molecular complexity index is 1020. The Morgan fingerprint density at radius 3 is 2.03 bits per heavy atom. The molecule has 6 nitrogen and oxygen atoms in total. The maximum absolute atomic E-state index is 12.9. The second-order valence-corrected chi connectivity index (χ2v) is 7.44. The van der Waals surface area contributed by atoms with Gasteiger partial charge >= 0.3 is 5.97 Å². The van der Waals surface area contributed by atoms with Crippen LogP contribution in [-0.2, 0) is 27.5 Å². The van der Waals surface area contributed by atoms with Gasteiger partial charge in [0.05, 0.1) is 0 Å². The molecule has 4 rings (SSSR count). The van der Waals surface area contributed by atoms with Crippen LogP contribution in [0, 0.1) is 0 Å². The first-order valence-corrected chi connectivity index (χ1v) is 10.1. The molecule has 0 radical (unpaired) electrons. The summed E-state index contributed by atoms with van der Waals surface area (Å²) in [6, 6.07) is 25.0. The zero-order valence-electron chi connectivity index (χ0n) is 17.0. The number of benzene rings is 3. The minimum absolute atomic E-state index is 0.141. The average Bonchev–Trinajstić information content (AvgIpc) is 2.83. The largest absolute Gasteiger partial charge is 0.489 e. The van der Waals surface area contributed by atoms with Crippen molar-refractivity contribution in [2.45, 2.75) is 25.3 Å². The first-order valence-electron chi connectivity index (χ1n) is 10.1. The van der Waals surface area contributed by atoms with Crippen LogP contribution in [0.4, 0.5) is 0 Å². The molecular weight excluding hydrogens is 392 g/mol. The Labute approximate surface area is 181 Å². The van der Waals surface area contributed by atoms with Crippen LogP contribution in [0.15, 0.2) is 84.9 Å². The minimum Gasteiger partial charge on any atom is -0.489 e. The molecule has 0 spiro atoms. The number of β-lactam (4-membered cyclic amide) rings is 1. The molecule has 0 aliphatic carbocycles. The monoisotopic (exact) mass is 416 g/mol. The highest BCUT2D eigenvalue weighted by molar-refractivity contribution is 5.92. The third-order valence-electron chi connectivity index (χ3n) is 5.20. The van der Waals surface area contributed by atoms with Crippen molar-refractivity contribution < 1.29 is 19.1 Å². The molecule has 1 heterocycles. The highest BCUT2D eigenvalue weighted by Crippen LogP contribution is 2.29. The fraction of sp³-hybridized carbons (Fsp3) is 0.200. The number of rotatable bonds is 8. The van der Waals surface area contributed by atoms with Crippen molar-refractivity contribution in [3.8, 4) is 5.75 Å². The van der Waals surface area contributed by atoms with E-state index in [4.69, 9.17) is 15.2 Å².